The zero-order valence-corrected chi connectivity index (χ0v) is 20.2. The lowest BCUT2D eigenvalue weighted by Gasteiger charge is -2.26. The molecule has 0 aromatic heterocycles. The van der Waals surface area contributed by atoms with Crippen molar-refractivity contribution in [3.05, 3.63) is 18.2 Å². The van der Waals surface area contributed by atoms with Crippen LogP contribution in [0, 0.1) is 0 Å². The van der Waals surface area contributed by atoms with Crippen molar-refractivity contribution in [1.29, 1.82) is 0 Å². The maximum absolute atomic E-state index is 12.5. The second kappa shape index (κ2) is 9.18. The van der Waals surface area contributed by atoms with E-state index in [9.17, 15) is 18.0 Å². The molecule has 2 saturated heterocycles. The number of carbonyl (C=O) groups excluding carboxylic acids is 2. The Morgan fingerprint density at radius 3 is 2.56 bits per heavy atom. The molecular formula is C20H27N3O7S2. The lowest BCUT2D eigenvalue weighted by atomic mass is 10.2. The first-order valence-corrected chi connectivity index (χ1v) is 12.6. The molecular weight excluding hydrogens is 458 g/mol. The van der Waals surface area contributed by atoms with Crippen molar-refractivity contribution in [1.82, 2.24) is 5.32 Å². The van der Waals surface area contributed by atoms with Gasteiger partial charge in [0.15, 0.2) is 15.0 Å². The smallest absolute Gasteiger partial charge is 0.408 e. The van der Waals surface area contributed by atoms with Gasteiger partial charge in [0.25, 0.3) is 5.91 Å². The number of methoxy groups -OCH3 is 2. The molecule has 1 aromatic rings. The van der Waals surface area contributed by atoms with Crippen LogP contribution in [0.15, 0.2) is 23.2 Å². The number of hydrogen-bond donors (Lipinski definition) is 1. The zero-order chi connectivity index (χ0) is 23.7. The number of rotatable bonds is 5. The van der Waals surface area contributed by atoms with Gasteiger partial charge in [0.1, 0.15) is 23.6 Å². The summed E-state index contributed by atoms with van der Waals surface area (Å²) >= 11 is 1.23. The quantitative estimate of drug-likeness (QED) is 0.665. The molecule has 0 bridgehead atoms. The number of ether oxygens (including phenoxy) is 3. The summed E-state index contributed by atoms with van der Waals surface area (Å²) in [6.07, 6.45) is -0.723. The van der Waals surface area contributed by atoms with Gasteiger partial charge in [-0.3, -0.25) is 4.79 Å². The largest absolute Gasteiger partial charge is 0.497 e. The molecule has 32 heavy (non-hydrogen) atoms. The number of aliphatic imine (C=N–C) groups is 1. The van der Waals surface area contributed by atoms with E-state index in [-0.39, 0.29) is 23.3 Å². The number of nitrogens with one attached hydrogen (secondary N) is 1. The van der Waals surface area contributed by atoms with Crippen molar-refractivity contribution < 1.29 is 32.2 Å². The molecule has 0 radical (unpaired) electrons. The highest BCUT2D eigenvalue weighted by molar-refractivity contribution is 8.16. The van der Waals surface area contributed by atoms with Crippen LogP contribution in [0.3, 0.4) is 0 Å². The highest BCUT2D eigenvalue weighted by Crippen LogP contribution is 2.44. The van der Waals surface area contributed by atoms with E-state index in [0.717, 1.165) is 0 Å². The number of amidine groups is 1. The van der Waals surface area contributed by atoms with Crippen LogP contribution in [-0.2, 0) is 19.4 Å². The highest BCUT2D eigenvalue weighted by atomic mass is 32.2. The van der Waals surface area contributed by atoms with Crippen molar-refractivity contribution in [2.24, 2.45) is 4.99 Å². The van der Waals surface area contributed by atoms with E-state index in [2.05, 4.69) is 10.3 Å². The van der Waals surface area contributed by atoms with E-state index in [1.807, 2.05) is 0 Å². The third kappa shape index (κ3) is 5.66. The van der Waals surface area contributed by atoms with E-state index in [0.29, 0.717) is 22.4 Å². The summed E-state index contributed by atoms with van der Waals surface area (Å²) in [4.78, 5) is 30.2. The number of amides is 2. The Morgan fingerprint density at radius 2 is 1.94 bits per heavy atom. The average Bonchev–Trinajstić information content (AvgIpc) is 3.15. The van der Waals surface area contributed by atoms with Gasteiger partial charge in [-0.2, -0.15) is 4.99 Å². The molecule has 2 unspecified atom stereocenters. The van der Waals surface area contributed by atoms with Gasteiger partial charge >= 0.3 is 6.09 Å². The number of hydrogen-bond acceptors (Lipinski definition) is 8. The Hall–Kier alpha value is -2.47. The number of benzene rings is 1. The molecule has 2 amide bonds. The van der Waals surface area contributed by atoms with Crippen molar-refractivity contribution in [2.45, 2.75) is 37.7 Å². The third-order valence-electron chi connectivity index (χ3n) is 4.72. The molecule has 2 aliphatic rings. The van der Waals surface area contributed by atoms with Crippen LogP contribution < -0.4 is 19.7 Å². The summed E-state index contributed by atoms with van der Waals surface area (Å²) in [5.74, 6) is 0.381. The number of sulfone groups is 1. The maximum Gasteiger partial charge on any atom is 0.408 e. The zero-order valence-electron chi connectivity index (χ0n) is 18.6. The number of alkyl carbamates (subject to hydrolysis) is 1. The van der Waals surface area contributed by atoms with Gasteiger partial charge in [-0.05, 0) is 32.9 Å². The first kappa shape index (κ1) is 24.2. The van der Waals surface area contributed by atoms with Crippen molar-refractivity contribution in [3.63, 3.8) is 0 Å². The van der Waals surface area contributed by atoms with Crippen LogP contribution in [0.1, 0.15) is 20.8 Å². The average molecular weight is 486 g/mol. The first-order chi connectivity index (χ1) is 14.9. The predicted molar refractivity (Wildman–Crippen MR) is 123 cm³/mol. The van der Waals surface area contributed by atoms with E-state index in [4.69, 9.17) is 14.2 Å². The minimum atomic E-state index is -3.22. The lowest BCUT2D eigenvalue weighted by Crippen LogP contribution is -2.39. The van der Waals surface area contributed by atoms with Gasteiger partial charge in [-0.1, -0.05) is 11.8 Å². The Labute approximate surface area is 191 Å². The van der Waals surface area contributed by atoms with Crippen LogP contribution in [0.4, 0.5) is 10.5 Å². The summed E-state index contributed by atoms with van der Waals surface area (Å²) in [6.45, 7) is 4.80. The van der Waals surface area contributed by atoms with Gasteiger partial charge in [0.2, 0.25) is 0 Å². The van der Waals surface area contributed by atoms with Gasteiger partial charge in [0, 0.05) is 11.3 Å². The molecule has 2 atom stereocenters. The SMILES string of the molecule is COc1ccc(OC)c(N2C(=NC(=O)CNC(=O)OC(C)(C)C)SC3CS(=O)(=O)CC32)c1. The van der Waals surface area contributed by atoms with Crippen molar-refractivity contribution in [3.8, 4) is 11.5 Å². The number of thioether (sulfide) groups is 1. The van der Waals surface area contributed by atoms with Crippen LogP contribution in [-0.4, -0.2) is 74.7 Å². The molecule has 10 nitrogen and oxygen atoms in total. The van der Waals surface area contributed by atoms with E-state index >= 15 is 0 Å². The fourth-order valence-electron chi connectivity index (χ4n) is 3.44. The molecule has 2 aliphatic heterocycles. The Morgan fingerprint density at radius 1 is 1.22 bits per heavy atom. The summed E-state index contributed by atoms with van der Waals surface area (Å²) in [6, 6.07) is 4.74. The molecule has 0 saturated carbocycles. The highest BCUT2D eigenvalue weighted by Gasteiger charge is 2.50. The van der Waals surface area contributed by atoms with E-state index in [1.165, 1.54) is 26.0 Å². The monoisotopic (exact) mass is 485 g/mol. The van der Waals surface area contributed by atoms with Gasteiger partial charge in [-0.15, -0.1) is 0 Å². The molecule has 176 valence electrons. The number of nitrogens with zero attached hydrogens (tertiary/aromatic N) is 2. The summed E-state index contributed by atoms with van der Waals surface area (Å²) in [5, 5.41) is 2.45. The van der Waals surface area contributed by atoms with Crippen LogP contribution in [0.5, 0.6) is 11.5 Å². The Balaban J connectivity index is 1.88. The summed E-state index contributed by atoms with van der Waals surface area (Å²) in [7, 11) is -0.195. The molecule has 2 heterocycles. The lowest BCUT2D eigenvalue weighted by molar-refractivity contribution is -0.117. The predicted octanol–water partition coefficient (Wildman–Crippen LogP) is 1.83. The Bertz CT molecular complexity index is 1030. The van der Waals surface area contributed by atoms with Crippen LogP contribution in [0.2, 0.25) is 0 Å². The molecule has 1 N–H and O–H groups in total. The maximum atomic E-state index is 12.5. The van der Waals surface area contributed by atoms with Crippen LogP contribution >= 0.6 is 11.8 Å². The minimum absolute atomic E-state index is 0.00547. The normalized spacial score (nSPS) is 23.0. The number of anilines is 1. The molecule has 0 spiro atoms. The molecule has 2 fully saturated rings. The topological polar surface area (TPSA) is 124 Å². The number of carbonyl (C=O) groups is 2. The fourth-order valence-corrected chi connectivity index (χ4v) is 7.36. The number of fused-ring (bicyclic) bond motifs is 1. The fraction of sp³-hybridized carbons (Fsp3) is 0.550. The first-order valence-electron chi connectivity index (χ1n) is 9.89. The molecule has 0 aliphatic carbocycles. The van der Waals surface area contributed by atoms with Crippen molar-refractivity contribution >= 4 is 44.5 Å². The standard InChI is InChI=1S/C20H27N3O7S2/c1-20(2,3)30-19(25)21-9-17(24)22-18-23(14-10-32(26,27)11-16(14)31-18)13-8-12(28-4)6-7-15(13)29-5/h6-8,14,16H,9-11H2,1-5H3,(H,21,25). The van der Waals surface area contributed by atoms with Gasteiger partial charge < -0.3 is 24.4 Å². The molecule has 3 rings (SSSR count). The van der Waals surface area contributed by atoms with Crippen molar-refractivity contribution in [2.75, 3.05) is 37.2 Å². The summed E-state index contributed by atoms with van der Waals surface area (Å²) in [5.41, 5.74) is -0.140. The second-order valence-corrected chi connectivity index (χ2v) is 11.7. The summed E-state index contributed by atoms with van der Waals surface area (Å²) < 4.78 is 40.4. The second-order valence-electron chi connectivity index (χ2n) is 8.35. The Kier molecular flexibility index (Phi) is 6.94. The van der Waals surface area contributed by atoms with E-state index < -0.39 is 33.5 Å². The third-order valence-corrected chi connectivity index (χ3v) is 7.93. The van der Waals surface area contributed by atoms with E-state index in [1.54, 1.807) is 43.9 Å². The van der Waals surface area contributed by atoms with Crippen LogP contribution in [0.25, 0.3) is 0 Å². The van der Waals surface area contributed by atoms with Gasteiger partial charge in [-0.25, -0.2) is 13.2 Å². The van der Waals surface area contributed by atoms with Gasteiger partial charge in [0.05, 0.1) is 37.5 Å². The minimum Gasteiger partial charge on any atom is -0.497 e. The molecule has 12 heteroatoms. The molecule has 1 aromatic carbocycles.